The summed E-state index contributed by atoms with van der Waals surface area (Å²) in [6, 6.07) is 19.9. The first-order valence-corrected chi connectivity index (χ1v) is 12.0. The van der Waals surface area contributed by atoms with Gasteiger partial charge in [-0.2, -0.15) is 0 Å². The topological polar surface area (TPSA) is 104 Å². The Morgan fingerprint density at radius 3 is 2.54 bits per heavy atom. The van der Waals surface area contributed by atoms with E-state index in [9.17, 15) is 14.4 Å². The van der Waals surface area contributed by atoms with Crippen molar-refractivity contribution in [3.63, 3.8) is 0 Å². The van der Waals surface area contributed by atoms with Crippen LogP contribution in [0.4, 0.5) is 11.5 Å². The molecule has 0 bridgehead atoms. The van der Waals surface area contributed by atoms with Crippen LogP contribution in [-0.2, 0) is 17.8 Å². The van der Waals surface area contributed by atoms with E-state index in [0.717, 1.165) is 11.1 Å². The fourth-order valence-electron chi connectivity index (χ4n) is 4.17. The molecule has 2 aromatic heterocycles. The van der Waals surface area contributed by atoms with Gasteiger partial charge >= 0.3 is 0 Å². The maximum Gasteiger partial charge on any atom is 0.256 e. The average Bonchev–Trinajstić information content (AvgIpc) is 3.00. The summed E-state index contributed by atoms with van der Waals surface area (Å²) in [6.45, 7) is 0.168. The second-order valence-electron chi connectivity index (χ2n) is 8.56. The molecule has 2 N–H and O–H groups in total. The Bertz CT molecular complexity index is 1450. The average molecular weight is 512 g/mol. The van der Waals surface area contributed by atoms with Gasteiger partial charge in [-0.25, -0.2) is 4.98 Å². The van der Waals surface area contributed by atoms with E-state index in [1.165, 1.54) is 0 Å². The lowest BCUT2D eigenvalue weighted by Gasteiger charge is -2.29. The fraction of sp³-hybridized carbons (Fsp3) is 0.107. The van der Waals surface area contributed by atoms with Crippen LogP contribution in [0, 0.1) is 0 Å². The van der Waals surface area contributed by atoms with Crippen molar-refractivity contribution in [2.75, 3.05) is 10.6 Å². The van der Waals surface area contributed by atoms with E-state index in [-0.39, 0.29) is 30.7 Å². The first-order chi connectivity index (χ1) is 18.0. The van der Waals surface area contributed by atoms with Crippen molar-refractivity contribution in [3.05, 3.63) is 119 Å². The summed E-state index contributed by atoms with van der Waals surface area (Å²) in [7, 11) is 0. The van der Waals surface area contributed by atoms with Gasteiger partial charge in [-0.15, -0.1) is 0 Å². The van der Waals surface area contributed by atoms with Gasteiger partial charge in [0.15, 0.2) is 0 Å². The van der Waals surface area contributed by atoms with Crippen LogP contribution in [0.15, 0.2) is 91.4 Å². The Morgan fingerprint density at radius 2 is 1.81 bits per heavy atom. The van der Waals surface area contributed by atoms with Gasteiger partial charge < -0.3 is 15.5 Å². The number of carbonyl (C=O) groups is 3. The van der Waals surface area contributed by atoms with Gasteiger partial charge in [0.05, 0.1) is 11.3 Å². The monoisotopic (exact) mass is 511 g/mol. The van der Waals surface area contributed by atoms with Gasteiger partial charge in [0.25, 0.3) is 11.8 Å². The predicted octanol–water partition coefficient (Wildman–Crippen LogP) is 4.59. The summed E-state index contributed by atoms with van der Waals surface area (Å²) in [5.41, 5.74) is 2.77. The first-order valence-electron chi connectivity index (χ1n) is 11.6. The normalized spacial score (nSPS) is 14.9. The molecule has 184 valence electrons. The number of pyridine rings is 2. The number of hydrogen-bond donors (Lipinski definition) is 2. The standard InChI is InChI=1S/C28H22ClN5O3/c29-21-10-11-22-23(15-21)32-27(36)24(14-19-4-3-12-30-16-19)34(28(22)37)17-18-6-8-20(9-7-18)26(35)33-25-5-1-2-13-31-25/h1-13,15-16,24H,14,17H2,(H,32,36)(H,31,33,35)/t24-/m0/s1. The van der Waals surface area contributed by atoms with Crippen LogP contribution in [0.2, 0.25) is 5.02 Å². The van der Waals surface area contributed by atoms with Crippen LogP contribution in [0.25, 0.3) is 0 Å². The molecule has 3 heterocycles. The lowest BCUT2D eigenvalue weighted by atomic mass is 10.0. The van der Waals surface area contributed by atoms with E-state index < -0.39 is 6.04 Å². The molecule has 8 nitrogen and oxygen atoms in total. The van der Waals surface area contributed by atoms with E-state index in [1.54, 1.807) is 90.2 Å². The van der Waals surface area contributed by atoms with Crippen molar-refractivity contribution in [2.24, 2.45) is 0 Å². The number of carbonyl (C=O) groups excluding carboxylic acids is 3. The van der Waals surface area contributed by atoms with Gasteiger partial charge in [-0.3, -0.25) is 19.4 Å². The maximum absolute atomic E-state index is 13.7. The van der Waals surface area contributed by atoms with Crippen molar-refractivity contribution in [1.82, 2.24) is 14.9 Å². The molecule has 4 aromatic rings. The van der Waals surface area contributed by atoms with Gasteiger partial charge in [-0.1, -0.05) is 35.9 Å². The Morgan fingerprint density at radius 1 is 0.973 bits per heavy atom. The molecule has 1 aliphatic heterocycles. The Kier molecular flexibility index (Phi) is 6.91. The molecule has 0 aliphatic carbocycles. The van der Waals surface area contributed by atoms with E-state index in [4.69, 9.17) is 11.6 Å². The summed E-state index contributed by atoms with van der Waals surface area (Å²) in [6.07, 6.45) is 5.22. The summed E-state index contributed by atoms with van der Waals surface area (Å²) < 4.78 is 0. The molecule has 0 saturated heterocycles. The minimum atomic E-state index is -0.782. The van der Waals surface area contributed by atoms with E-state index in [1.807, 2.05) is 6.07 Å². The second-order valence-corrected chi connectivity index (χ2v) is 9.00. The third-order valence-corrected chi connectivity index (χ3v) is 6.27. The quantitative estimate of drug-likeness (QED) is 0.394. The number of anilines is 2. The third kappa shape index (κ3) is 5.49. The van der Waals surface area contributed by atoms with Crippen molar-refractivity contribution >= 4 is 40.8 Å². The Labute approximate surface area is 218 Å². The van der Waals surface area contributed by atoms with E-state index in [0.29, 0.717) is 27.7 Å². The summed E-state index contributed by atoms with van der Waals surface area (Å²) in [5.74, 6) is -0.453. The van der Waals surface area contributed by atoms with Crippen LogP contribution < -0.4 is 10.6 Å². The van der Waals surface area contributed by atoms with Crippen molar-refractivity contribution in [3.8, 4) is 0 Å². The number of fused-ring (bicyclic) bond motifs is 1. The minimum Gasteiger partial charge on any atom is -0.323 e. The molecule has 0 saturated carbocycles. The molecule has 0 spiro atoms. The highest BCUT2D eigenvalue weighted by Crippen LogP contribution is 2.29. The summed E-state index contributed by atoms with van der Waals surface area (Å²) in [4.78, 5) is 49.4. The minimum absolute atomic E-state index is 0.168. The van der Waals surface area contributed by atoms with Crippen LogP contribution in [0.3, 0.4) is 0 Å². The number of aromatic nitrogens is 2. The van der Waals surface area contributed by atoms with Gasteiger partial charge in [0.1, 0.15) is 11.9 Å². The van der Waals surface area contributed by atoms with E-state index >= 15 is 0 Å². The first kappa shape index (κ1) is 24.1. The van der Waals surface area contributed by atoms with Crippen LogP contribution >= 0.6 is 11.6 Å². The van der Waals surface area contributed by atoms with Crippen LogP contribution in [0.5, 0.6) is 0 Å². The SMILES string of the molecule is O=C(Nc1ccccn1)c1ccc(CN2C(=O)c3ccc(Cl)cc3NC(=O)[C@@H]2Cc2cccnc2)cc1. The van der Waals surface area contributed by atoms with Crippen molar-refractivity contribution in [2.45, 2.75) is 19.0 Å². The second kappa shape index (κ2) is 10.6. The molecule has 9 heteroatoms. The highest BCUT2D eigenvalue weighted by atomic mass is 35.5. The number of halogens is 1. The molecule has 37 heavy (non-hydrogen) atoms. The number of hydrogen-bond acceptors (Lipinski definition) is 5. The molecule has 0 fully saturated rings. The molecule has 3 amide bonds. The highest BCUT2D eigenvalue weighted by molar-refractivity contribution is 6.31. The molecule has 2 aromatic carbocycles. The van der Waals surface area contributed by atoms with E-state index in [2.05, 4.69) is 20.6 Å². The van der Waals surface area contributed by atoms with Gasteiger partial charge in [0, 0.05) is 42.1 Å². The molecule has 1 atom stereocenters. The number of rotatable bonds is 6. The number of amides is 3. The molecular formula is C28H22ClN5O3. The lowest BCUT2D eigenvalue weighted by molar-refractivity contribution is -0.120. The molecule has 1 aliphatic rings. The van der Waals surface area contributed by atoms with Crippen LogP contribution in [-0.4, -0.2) is 38.6 Å². The van der Waals surface area contributed by atoms with Crippen molar-refractivity contribution < 1.29 is 14.4 Å². The Hall–Kier alpha value is -4.56. The molecule has 0 unspecified atom stereocenters. The zero-order chi connectivity index (χ0) is 25.8. The van der Waals surface area contributed by atoms with Crippen molar-refractivity contribution in [1.29, 1.82) is 0 Å². The van der Waals surface area contributed by atoms with Gasteiger partial charge in [-0.05, 0) is 59.7 Å². The number of nitrogens with one attached hydrogen (secondary N) is 2. The fourth-order valence-corrected chi connectivity index (χ4v) is 4.34. The summed E-state index contributed by atoms with van der Waals surface area (Å²) in [5, 5.41) is 6.03. The van der Waals surface area contributed by atoms with Gasteiger partial charge in [0.2, 0.25) is 5.91 Å². The third-order valence-electron chi connectivity index (χ3n) is 6.04. The zero-order valence-electron chi connectivity index (χ0n) is 19.6. The largest absolute Gasteiger partial charge is 0.323 e. The number of nitrogens with zero attached hydrogens (tertiary/aromatic N) is 3. The molecular weight excluding hydrogens is 490 g/mol. The highest BCUT2D eigenvalue weighted by Gasteiger charge is 2.35. The molecule has 0 radical (unpaired) electrons. The van der Waals surface area contributed by atoms with Crippen LogP contribution in [0.1, 0.15) is 31.8 Å². The Balaban J connectivity index is 1.42. The zero-order valence-corrected chi connectivity index (χ0v) is 20.4. The number of benzene rings is 2. The lowest BCUT2D eigenvalue weighted by Crippen LogP contribution is -2.46. The maximum atomic E-state index is 13.7. The summed E-state index contributed by atoms with van der Waals surface area (Å²) >= 11 is 6.13. The molecule has 5 rings (SSSR count). The smallest absolute Gasteiger partial charge is 0.256 e. The predicted molar refractivity (Wildman–Crippen MR) is 140 cm³/mol.